The number of carboxylic acid groups (broad SMARTS) is 7. The average molecular weight is 1630 g/mol. The first-order valence-corrected chi connectivity index (χ1v) is 35.3. The minimum Gasteiger partial charge on any atom is -0.480 e. The Kier molecular flexibility index (Phi) is 36.2. The van der Waals surface area contributed by atoms with Crippen LogP contribution in [0.25, 0.3) is 0 Å². The van der Waals surface area contributed by atoms with Gasteiger partial charge in [-0.25, -0.2) is 33.6 Å². The maximum absolute atomic E-state index is 12.5. The zero-order chi connectivity index (χ0) is 81.9. The van der Waals surface area contributed by atoms with Crippen molar-refractivity contribution in [1.82, 2.24) is 0 Å². The van der Waals surface area contributed by atoms with Crippen LogP contribution < -0.4 is 40.1 Å². The summed E-state index contributed by atoms with van der Waals surface area (Å²) in [5, 5.41) is 71.0. The van der Waals surface area contributed by atoms with E-state index in [2.05, 4.69) is 0 Å². The van der Waals surface area contributed by atoms with E-state index in [-0.39, 0.29) is 0 Å². The summed E-state index contributed by atoms with van der Waals surface area (Å²) >= 11 is 0. The van der Waals surface area contributed by atoms with Crippen molar-refractivity contribution in [2.24, 2.45) is 40.1 Å². The van der Waals surface area contributed by atoms with Gasteiger partial charge in [-0.1, -0.05) is 0 Å². The van der Waals surface area contributed by atoms with Crippen molar-refractivity contribution >= 4 is 41.8 Å². The Hall–Kier alpha value is -5.11. The normalized spacial score (nSPS) is 41.5. The Bertz CT molecular complexity index is 2440. The Labute approximate surface area is 639 Å². The number of nitrogens with two attached hydrogens (primary N) is 7. The first-order valence-electron chi connectivity index (χ1n) is 35.3. The second-order valence-corrected chi connectivity index (χ2v) is 26.2. The first-order chi connectivity index (χ1) is 53.7. The van der Waals surface area contributed by atoms with Crippen LogP contribution >= 0.6 is 0 Å². The maximum Gasteiger partial charge on any atom is 0.329 e. The summed E-state index contributed by atoms with van der Waals surface area (Å²) in [6.45, 7) is -11.1. The van der Waals surface area contributed by atoms with Gasteiger partial charge < -0.3 is 209 Å². The maximum atomic E-state index is 12.5. The SMILES string of the molecule is CO[C@@H]1[C@@H](OCC(=O)O)[C@H]2O[C@H]3[C@H](OC)[C@@H](OCC(=O)O)[C@@H](O[C@H]4[C@H](OC)[C@@H](OCC(=O)O)[C@@H](O[C@H]5[C@@H](OC)[C@@H](OCC(=O)O)[C@@H](O[C@H]6[C@@H](OC)[C@@H](OCC(=O)O)[C@@H](O[C@H]7[C@H](OC)[C@@H](OCC(=O)O)[C@@H](O[C@H]8[C@H](OC)[C@@H](OCC(=O)O)[C@@H](O[C@@H]1[C@@H](CN)O2)O[C@@H]8CN)O[C@@H]7CN)O[C@@H]6CN)O[C@@H]5CN)O[C@@H]4CN)O[C@@H]3CN. The molecule has 0 radical (unpaired) electrons. The van der Waals surface area contributed by atoms with Gasteiger partial charge in [-0.2, -0.15) is 0 Å². The Morgan fingerprint density at radius 1 is 0.205 bits per heavy atom. The van der Waals surface area contributed by atoms with Crippen LogP contribution in [0.1, 0.15) is 0 Å². The lowest BCUT2D eigenvalue weighted by atomic mass is 9.94. The molecule has 21 N–H and O–H groups in total. The Morgan fingerprint density at radius 3 is 0.393 bits per heavy atom. The van der Waals surface area contributed by atoms with Crippen LogP contribution in [0.4, 0.5) is 0 Å². The predicted octanol–water partition coefficient (Wildman–Crippen LogP) is -10.1. The van der Waals surface area contributed by atoms with Crippen molar-refractivity contribution in [1.29, 1.82) is 0 Å². The average Bonchev–Trinajstić information content (AvgIpc) is 0.766. The summed E-state index contributed by atoms with van der Waals surface area (Å²) in [6.07, 6.45) is -57.1. The molecular weight excluding hydrogens is 1530 g/mol. The van der Waals surface area contributed by atoms with Crippen molar-refractivity contribution in [2.75, 3.05) is 142 Å². The molecule has 0 saturated carbocycles. The van der Waals surface area contributed by atoms with Gasteiger partial charge in [0.05, 0.1) is 0 Å². The Morgan fingerprint density at radius 2 is 0.312 bits per heavy atom. The van der Waals surface area contributed by atoms with Crippen LogP contribution in [-0.2, 0) is 166 Å². The summed E-state index contributed by atoms with van der Waals surface area (Å²) < 4.78 is 177. The lowest BCUT2D eigenvalue weighted by Gasteiger charge is -2.52. The van der Waals surface area contributed by atoms with Crippen LogP contribution in [0, 0.1) is 0 Å². The number of ether oxygens (including phenoxy) is 28. The summed E-state index contributed by atoms with van der Waals surface area (Å²) in [4.78, 5) is 87.4. The molecule has 0 aromatic carbocycles. The summed E-state index contributed by atoms with van der Waals surface area (Å²) in [6, 6.07) is 0. The highest BCUT2D eigenvalue weighted by molar-refractivity contribution is 5.70. The molecule has 14 bridgehead atoms. The summed E-state index contributed by atoms with van der Waals surface area (Å²) in [5.41, 5.74) is 45.4. The van der Waals surface area contributed by atoms with Gasteiger partial charge in [0.2, 0.25) is 0 Å². The number of hydrogen-bond donors (Lipinski definition) is 14. The first kappa shape index (κ1) is 92.4. The van der Waals surface area contributed by atoms with Crippen molar-refractivity contribution in [3.8, 4) is 0 Å². The van der Waals surface area contributed by atoms with Crippen molar-refractivity contribution in [3.05, 3.63) is 0 Å². The number of hydrogen-bond acceptors (Lipinski definition) is 42. The predicted molar refractivity (Wildman–Crippen MR) is 355 cm³/mol. The van der Waals surface area contributed by atoms with Crippen LogP contribution in [0.15, 0.2) is 0 Å². The van der Waals surface area contributed by atoms with Crippen LogP contribution in [0.5, 0.6) is 0 Å². The van der Waals surface area contributed by atoms with E-state index in [1.54, 1.807) is 0 Å². The Balaban J connectivity index is 1.31. The molecule has 21 fully saturated rings. The van der Waals surface area contributed by atoms with Crippen LogP contribution in [0.2, 0.25) is 0 Å². The number of carbonyl (C=O) groups is 7. The molecule has 21 aliphatic rings. The van der Waals surface area contributed by atoms with Crippen molar-refractivity contribution in [2.45, 2.75) is 215 Å². The van der Waals surface area contributed by atoms with Crippen molar-refractivity contribution in [3.63, 3.8) is 0 Å². The molecule has 0 aliphatic carbocycles. The van der Waals surface area contributed by atoms with E-state index in [1.807, 2.05) is 0 Å². The van der Waals surface area contributed by atoms with Gasteiger partial charge in [-0.15, -0.1) is 0 Å². The molecule has 49 heteroatoms. The topological polar surface area (TPSA) is 702 Å². The van der Waals surface area contributed by atoms with E-state index < -0.39 is 349 Å². The number of aliphatic carboxylic acids is 7. The number of methoxy groups -OCH3 is 7. The van der Waals surface area contributed by atoms with Gasteiger partial charge in [0, 0.05) is 95.6 Å². The van der Waals surface area contributed by atoms with Gasteiger partial charge in [0.1, 0.15) is 217 Å². The monoisotopic (exact) mass is 1630 g/mol. The third-order valence-electron chi connectivity index (χ3n) is 19.5. The minimum absolute atomic E-state index is 0.506. The zero-order valence-electron chi connectivity index (χ0n) is 62.1. The van der Waals surface area contributed by atoms with E-state index in [4.69, 9.17) is 173 Å². The fourth-order valence-corrected chi connectivity index (χ4v) is 14.8. The van der Waals surface area contributed by atoms with E-state index in [9.17, 15) is 69.3 Å². The molecule has 112 heavy (non-hydrogen) atoms. The molecule has 0 aromatic heterocycles. The fourth-order valence-electron chi connectivity index (χ4n) is 14.8. The molecule has 0 spiro atoms. The highest BCUT2D eigenvalue weighted by Gasteiger charge is 2.63. The van der Waals surface area contributed by atoms with Gasteiger partial charge in [-0.3, -0.25) is 0 Å². The summed E-state index contributed by atoms with van der Waals surface area (Å²) in [5.74, 6) is -10.7. The molecule has 21 heterocycles. The molecule has 0 amide bonds. The van der Waals surface area contributed by atoms with Crippen LogP contribution in [-0.4, -0.2) is 434 Å². The van der Waals surface area contributed by atoms with Gasteiger partial charge >= 0.3 is 41.8 Å². The molecule has 644 valence electrons. The second-order valence-electron chi connectivity index (χ2n) is 26.2. The number of rotatable bonds is 35. The molecule has 21 saturated heterocycles. The van der Waals surface area contributed by atoms with E-state index in [0.717, 1.165) is 0 Å². The third-order valence-corrected chi connectivity index (χ3v) is 19.5. The van der Waals surface area contributed by atoms with Gasteiger partial charge in [0.25, 0.3) is 0 Å². The molecule has 0 aromatic rings. The van der Waals surface area contributed by atoms with Crippen molar-refractivity contribution < 1.29 is 202 Å². The molecule has 21 aliphatic heterocycles. The fraction of sp³-hybridized carbons (Fsp3) is 0.889. The standard InChI is InChI=1S/C63H105N7O42/c1-85-43-36-22(8-64)99-57(50(43)92-15-29(71)72)107-37-23(9-65)101-59(52(44(37)86-2)94-17-31(75)76)109-39-25(11-67)103-61(54(46(39)88-4)96-19-33(79)80)111-41-27(13-69)105-63(56(48(41)90-6)98-21-35(83)84)112-42-28(14-70)104-62(55(49(42)91-7)97-20-34(81)82)110-40-26(12-68)102-60(53(47(40)89-5)95-18-32(77)78)108-38-24(10-66)100-58(106-36)51(45(38)87-3)93-16-30(73)74/h22-28,36-63H,8-21,64-70H2,1-7H3,(H,71,72)(H,73,74)(H,75,76)(H,77,78)(H,79,80)(H,81,82)(H,83,84)/t22-,23-,24-,25-,26-,27-,28-,36-,37-,38-,39-,40-,41-,42-,43-,44-,45+,46+,47+,48+,49+,50-,51-,52-,53-,54-,55-,56-,57-,58-,59-,60-,61-,62-,63-/m1/s1. The largest absolute Gasteiger partial charge is 0.480 e. The smallest absolute Gasteiger partial charge is 0.329 e. The van der Waals surface area contributed by atoms with Crippen LogP contribution in [0.3, 0.4) is 0 Å². The number of carboxylic acids is 7. The van der Waals surface area contributed by atoms with E-state index >= 15 is 0 Å². The van der Waals surface area contributed by atoms with E-state index in [0.29, 0.717) is 0 Å². The highest BCUT2D eigenvalue weighted by Crippen LogP contribution is 2.43. The minimum atomic E-state index is -1.83. The van der Waals surface area contributed by atoms with E-state index in [1.165, 1.54) is 49.8 Å². The summed E-state index contributed by atoms with van der Waals surface area (Å²) in [7, 11) is 8.16. The quantitative estimate of drug-likeness (QED) is 0.0280. The van der Waals surface area contributed by atoms with Gasteiger partial charge in [-0.05, 0) is 0 Å². The van der Waals surface area contributed by atoms with Gasteiger partial charge in [0.15, 0.2) is 44.0 Å². The molecule has 35 atom stereocenters. The second kappa shape index (κ2) is 43.9. The molecule has 49 nitrogen and oxygen atoms in total. The molecular formula is C63H105N7O42. The zero-order valence-corrected chi connectivity index (χ0v) is 62.1. The highest BCUT2D eigenvalue weighted by atomic mass is 16.8. The molecule has 0 unspecified atom stereocenters. The third kappa shape index (κ3) is 22.2. The lowest BCUT2D eigenvalue weighted by Crippen LogP contribution is -2.70. The lowest BCUT2D eigenvalue weighted by molar-refractivity contribution is -0.399. The molecule has 21 rings (SSSR count).